The molecule has 20 heavy (non-hydrogen) atoms. The molecule has 1 saturated carbocycles. The normalized spacial score (nSPS) is 25.1. The summed E-state index contributed by atoms with van der Waals surface area (Å²) in [7, 11) is 0. The zero-order valence-electron chi connectivity index (χ0n) is 13.4. The Kier molecular flexibility index (Phi) is 6.03. The van der Waals surface area contributed by atoms with Crippen LogP contribution in [-0.2, 0) is 9.53 Å². The van der Waals surface area contributed by atoms with Crippen LogP contribution < -0.4 is 5.32 Å². The van der Waals surface area contributed by atoms with E-state index in [0.717, 1.165) is 37.9 Å². The monoisotopic (exact) mass is 283 g/mol. The average Bonchev–Trinajstić information content (AvgIpc) is 2.34. The highest BCUT2D eigenvalue weighted by Crippen LogP contribution is 2.34. The van der Waals surface area contributed by atoms with Gasteiger partial charge in [-0.25, -0.2) is 4.79 Å². The van der Waals surface area contributed by atoms with E-state index in [-0.39, 0.29) is 5.92 Å². The molecule has 0 aliphatic heterocycles. The van der Waals surface area contributed by atoms with E-state index in [1.165, 1.54) is 0 Å². The van der Waals surface area contributed by atoms with E-state index in [0.29, 0.717) is 5.92 Å². The Morgan fingerprint density at radius 2 is 1.65 bits per heavy atom. The molecule has 0 bridgehead atoms. The van der Waals surface area contributed by atoms with Gasteiger partial charge >= 0.3 is 6.09 Å². The van der Waals surface area contributed by atoms with Gasteiger partial charge in [0.15, 0.2) is 0 Å². The van der Waals surface area contributed by atoms with Crippen molar-refractivity contribution in [3.05, 3.63) is 0 Å². The number of ether oxygens (including phenoxy) is 1. The average molecular weight is 283 g/mol. The topological polar surface area (TPSA) is 55.4 Å². The van der Waals surface area contributed by atoms with Crippen molar-refractivity contribution in [2.45, 2.75) is 71.9 Å². The molecule has 0 aromatic carbocycles. The first kappa shape index (κ1) is 17.0. The quantitative estimate of drug-likeness (QED) is 0.803. The fraction of sp³-hybridized carbons (Fsp3) is 0.875. The maximum Gasteiger partial charge on any atom is 0.408 e. The van der Waals surface area contributed by atoms with E-state index in [9.17, 15) is 9.59 Å². The van der Waals surface area contributed by atoms with E-state index >= 15 is 0 Å². The molecule has 0 aromatic rings. The van der Waals surface area contributed by atoms with Crippen LogP contribution in [0.25, 0.3) is 0 Å². The lowest BCUT2D eigenvalue weighted by Gasteiger charge is -2.33. The van der Waals surface area contributed by atoms with Crippen molar-refractivity contribution in [3.63, 3.8) is 0 Å². The maximum absolute atomic E-state index is 11.8. The Labute approximate surface area is 122 Å². The van der Waals surface area contributed by atoms with Crippen LogP contribution in [0.15, 0.2) is 0 Å². The lowest BCUT2D eigenvalue weighted by molar-refractivity contribution is -0.111. The number of hydrogen-bond acceptors (Lipinski definition) is 3. The largest absolute Gasteiger partial charge is 0.444 e. The van der Waals surface area contributed by atoms with Crippen LogP contribution in [0.3, 0.4) is 0 Å². The van der Waals surface area contributed by atoms with Gasteiger partial charge in [-0.1, -0.05) is 13.8 Å². The third kappa shape index (κ3) is 5.51. The summed E-state index contributed by atoms with van der Waals surface area (Å²) in [5.74, 6) is 1.69. The standard InChI is InChI=1S/C16H29NO3/c1-11(2)12-6-8-13(9-7-12)14(10-18)17-15(19)20-16(3,4)5/h10-14H,6-9H2,1-5H3,(H,17,19). The fourth-order valence-corrected chi connectivity index (χ4v) is 2.88. The molecule has 1 N–H and O–H groups in total. The molecule has 1 aliphatic carbocycles. The van der Waals surface area contributed by atoms with Crippen LogP contribution in [0.2, 0.25) is 0 Å². The molecule has 1 aliphatic rings. The molecule has 1 atom stereocenters. The van der Waals surface area contributed by atoms with Gasteiger partial charge in [0.05, 0.1) is 6.04 Å². The molecule has 4 nitrogen and oxygen atoms in total. The van der Waals surface area contributed by atoms with E-state index in [1.54, 1.807) is 0 Å². The molecule has 116 valence electrons. The second-order valence-corrected chi connectivity index (χ2v) is 7.23. The molecule has 1 fully saturated rings. The van der Waals surface area contributed by atoms with Gasteiger partial charge in [0.25, 0.3) is 0 Å². The SMILES string of the molecule is CC(C)C1CCC(C(C=O)NC(=O)OC(C)(C)C)CC1. The highest BCUT2D eigenvalue weighted by molar-refractivity contribution is 5.73. The van der Waals surface area contributed by atoms with Crippen molar-refractivity contribution in [2.24, 2.45) is 17.8 Å². The summed E-state index contributed by atoms with van der Waals surface area (Å²) < 4.78 is 5.21. The third-order valence-corrected chi connectivity index (χ3v) is 4.10. The summed E-state index contributed by atoms with van der Waals surface area (Å²) in [5, 5.41) is 2.71. The van der Waals surface area contributed by atoms with Crippen LogP contribution in [0.1, 0.15) is 60.3 Å². The fourth-order valence-electron chi connectivity index (χ4n) is 2.88. The second kappa shape index (κ2) is 7.09. The number of carbonyl (C=O) groups excluding carboxylic acids is 2. The highest BCUT2D eigenvalue weighted by Gasteiger charge is 2.30. The lowest BCUT2D eigenvalue weighted by atomic mass is 9.75. The Morgan fingerprint density at radius 1 is 1.15 bits per heavy atom. The first-order valence-electron chi connectivity index (χ1n) is 7.67. The molecule has 1 unspecified atom stereocenters. The summed E-state index contributed by atoms with van der Waals surface area (Å²) in [6.45, 7) is 9.95. The van der Waals surface area contributed by atoms with E-state index in [1.807, 2.05) is 20.8 Å². The van der Waals surface area contributed by atoms with Crippen molar-refractivity contribution >= 4 is 12.4 Å². The van der Waals surface area contributed by atoms with Gasteiger partial charge in [-0.3, -0.25) is 0 Å². The van der Waals surface area contributed by atoms with Crippen LogP contribution in [0.4, 0.5) is 4.79 Å². The molecule has 1 rings (SSSR count). The van der Waals surface area contributed by atoms with E-state index < -0.39 is 17.7 Å². The number of rotatable bonds is 4. The molecule has 0 aromatic heterocycles. The number of alkyl carbamates (subject to hydrolysis) is 1. The van der Waals surface area contributed by atoms with Gasteiger partial charge in [0, 0.05) is 0 Å². The Hall–Kier alpha value is -1.06. The van der Waals surface area contributed by atoms with E-state index in [2.05, 4.69) is 19.2 Å². The summed E-state index contributed by atoms with van der Waals surface area (Å²) in [5.41, 5.74) is -0.535. The molecule has 0 saturated heterocycles. The summed E-state index contributed by atoms with van der Waals surface area (Å²) in [6, 6.07) is -0.419. The molecule has 4 heteroatoms. The molecule has 1 amide bonds. The zero-order valence-corrected chi connectivity index (χ0v) is 13.4. The maximum atomic E-state index is 11.8. The van der Waals surface area contributed by atoms with Crippen LogP contribution in [0, 0.1) is 17.8 Å². The van der Waals surface area contributed by atoms with Crippen LogP contribution in [-0.4, -0.2) is 24.0 Å². The molecular weight excluding hydrogens is 254 g/mol. The van der Waals surface area contributed by atoms with Gasteiger partial charge in [-0.15, -0.1) is 0 Å². The van der Waals surface area contributed by atoms with Gasteiger partial charge < -0.3 is 14.8 Å². The molecular formula is C16H29NO3. The summed E-state index contributed by atoms with van der Waals surface area (Å²) in [4.78, 5) is 23.0. The number of nitrogens with one attached hydrogen (secondary N) is 1. The third-order valence-electron chi connectivity index (χ3n) is 4.10. The van der Waals surface area contributed by atoms with Gasteiger partial charge in [-0.2, -0.15) is 0 Å². The van der Waals surface area contributed by atoms with Crippen molar-refractivity contribution in [1.82, 2.24) is 5.32 Å². The van der Waals surface area contributed by atoms with Crippen molar-refractivity contribution in [2.75, 3.05) is 0 Å². The van der Waals surface area contributed by atoms with E-state index in [4.69, 9.17) is 4.74 Å². The molecule has 0 radical (unpaired) electrons. The Bertz CT molecular complexity index is 325. The van der Waals surface area contributed by atoms with Gasteiger partial charge in [0.1, 0.15) is 11.9 Å². The Balaban J connectivity index is 2.48. The molecule has 0 heterocycles. The number of hydrogen-bond donors (Lipinski definition) is 1. The predicted octanol–water partition coefficient (Wildman–Crippen LogP) is 3.54. The van der Waals surface area contributed by atoms with Gasteiger partial charge in [0.2, 0.25) is 0 Å². The number of aldehydes is 1. The first-order valence-corrected chi connectivity index (χ1v) is 7.67. The highest BCUT2D eigenvalue weighted by atomic mass is 16.6. The number of carbonyl (C=O) groups is 2. The van der Waals surface area contributed by atoms with Crippen molar-refractivity contribution in [1.29, 1.82) is 0 Å². The van der Waals surface area contributed by atoms with Crippen molar-refractivity contribution < 1.29 is 14.3 Å². The first-order chi connectivity index (χ1) is 9.23. The van der Waals surface area contributed by atoms with Crippen molar-refractivity contribution in [3.8, 4) is 0 Å². The smallest absolute Gasteiger partial charge is 0.408 e. The summed E-state index contributed by atoms with van der Waals surface area (Å²) in [6.07, 6.45) is 4.64. The lowest BCUT2D eigenvalue weighted by Crippen LogP contribution is -2.45. The minimum Gasteiger partial charge on any atom is -0.444 e. The second-order valence-electron chi connectivity index (χ2n) is 7.23. The van der Waals surface area contributed by atoms with Crippen LogP contribution in [0.5, 0.6) is 0 Å². The Morgan fingerprint density at radius 3 is 2.05 bits per heavy atom. The molecule has 0 spiro atoms. The predicted molar refractivity (Wildman–Crippen MR) is 79.5 cm³/mol. The minimum atomic E-state index is -0.535. The summed E-state index contributed by atoms with van der Waals surface area (Å²) >= 11 is 0. The van der Waals surface area contributed by atoms with Gasteiger partial charge in [-0.05, 0) is 64.2 Å². The number of amides is 1. The zero-order chi connectivity index (χ0) is 15.3. The minimum absolute atomic E-state index is 0.245. The van der Waals surface area contributed by atoms with Crippen LogP contribution >= 0.6 is 0 Å².